The van der Waals surface area contributed by atoms with Gasteiger partial charge in [-0.15, -0.1) is 0 Å². The van der Waals surface area contributed by atoms with Crippen molar-refractivity contribution in [2.24, 2.45) is 5.92 Å². The number of nitrogens with zero attached hydrogens (tertiary/aromatic N) is 3. The fraction of sp³-hybridized carbons (Fsp3) is 0.714. The third-order valence-corrected chi connectivity index (χ3v) is 5.07. The van der Waals surface area contributed by atoms with Crippen molar-refractivity contribution in [3.05, 3.63) is 11.1 Å². The van der Waals surface area contributed by atoms with E-state index in [-0.39, 0.29) is 11.8 Å². The standard InChI is InChI=1S/C14H20F3N3OS/c1-3-19(4-2)12(21)10-5-7-20(8-6-10)13-18-9-11(22-13)14(15,16)17/h9-10H,3-8H2,1-2H3. The van der Waals surface area contributed by atoms with E-state index in [9.17, 15) is 18.0 Å². The van der Waals surface area contributed by atoms with Crippen molar-refractivity contribution < 1.29 is 18.0 Å². The van der Waals surface area contributed by atoms with Gasteiger partial charge in [-0.1, -0.05) is 11.3 Å². The molecular weight excluding hydrogens is 315 g/mol. The van der Waals surface area contributed by atoms with Crippen LogP contribution in [0.4, 0.5) is 18.3 Å². The highest BCUT2D eigenvalue weighted by atomic mass is 32.1. The number of halogens is 3. The molecule has 0 atom stereocenters. The smallest absolute Gasteiger partial charge is 0.348 e. The van der Waals surface area contributed by atoms with E-state index in [1.54, 1.807) is 0 Å². The SMILES string of the molecule is CCN(CC)C(=O)C1CCN(c2ncc(C(F)(F)F)s2)CC1. The number of aromatic nitrogens is 1. The van der Waals surface area contributed by atoms with E-state index in [2.05, 4.69) is 4.98 Å². The Labute approximate surface area is 131 Å². The maximum absolute atomic E-state index is 12.6. The summed E-state index contributed by atoms with van der Waals surface area (Å²) in [6, 6.07) is 0. The van der Waals surface area contributed by atoms with E-state index in [4.69, 9.17) is 0 Å². The van der Waals surface area contributed by atoms with Gasteiger partial charge < -0.3 is 9.80 Å². The monoisotopic (exact) mass is 335 g/mol. The number of rotatable bonds is 4. The van der Waals surface area contributed by atoms with Gasteiger partial charge in [0.2, 0.25) is 5.91 Å². The van der Waals surface area contributed by atoms with Gasteiger partial charge in [-0.3, -0.25) is 4.79 Å². The predicted molar refractivity (Wildman–Crippen MR) is 80.0 cm³/mol. The second-order valence-corrected chi connectivity index (χ2v) is 6.29. The van der Waals surface area contributed by atoms with E-state index in [1.165, 1.54) is 0 Å². The molecule has 1 aliphatic rings. The normalized spacial score (nSPS) is 16.9. The zero-order chi connectivity index (χ0) is 16.3. The lowest BCUT2D eigenvalue weighted by atomic mass is 9.95. The average Bonchev–Trinajstić information content (AvgIpc) is 2.98. The van der Waals surface area contributed by atoms with Crippen molar-refractivity contribution in [3.8, 4) is 0 Å². The lowest BCUT2D eigenvalue weighted by Gasteiger charge is -2.33. The molecule has 8 heteroatoms. The van der Waals surface area contributed by atoms with Gasteiger partial charge in [0.05, 0.1) is 6.20 Å². The fourth-order valence-electron chi connectivity index (χ4n) is 2.65. The second kappa shape index (κ2) is 6.85. The summed E-state index contributed by atoms with van der Waals surface area (Å²) in [5.74, 6) is 0.123. The topological polar surface area (TPSA) is 36.4 Å². The molecule has 1 saturated heterocycles. The highest BCUT2D eigenvalue weighted by molar-refractivity contribution is 7.15. The molecule has 2 rings (SSSR count). The van der Waals surface area contributed by atoms with Crippen LogP contribution in [0, 0.1) is 5.92 Å². The van der Waals surface area contributed by atoms with Gasteiger partial charge in [0.25, 0.3) is 0 Å². The Morgan fingerprint density at radius 3 is 2.41 bits per heavy atom. The molecule has 0 bridgehead atoms. The van der Waals surface area contributed by atoms with Crippen molar-refractivity contribution >= 4 is 22.4 Å². The number of piperidine rings is 1. The Morgan fingerprint density at radius 2 is 1.95 bits per heavy atom. The highest BCUT2D eigenvalue weighted by Crippen LogP contribution is 2.37. The van der Waals surface area contributed by atoms with Crippen LogP contribution in [-0.2, 0) is 11.0 Å². The summed E-state index contributed by atoms with van der Waals surface area (Å²) in [5, 5.41) is 0.390. The minimum Gasteiger partial charge on any atom is -0.348 e. The molecule has 1 aromatic rings. The number of carbonyl (C=O) groups excluding carboxylic acids is 1. The summed E-state index contributed by atoms with van der Waals surface area (Å²) in [7, 11) is 0. The van der Waals surface area contributed by atoms with Crippen molar-refractivity contribution in [1.29, 1.82) is 0 Å². The number of hydrogen-bond donors (Lipinski definition) is 0. The van der Waals surface area contributed by atoms with Crippen LogP contribution in [0.5, 0.6) is 0 Å². The zero-order valence-corrected chi connectivity index (χ0v) is 13.5. The quantitative estimate of drug-likeness (QED) is 0.847. The van der Waals surface area contributed by atoms with Crippen LogP contribution in [0.1, 0.15) is 31.6 Å². The van der Waals surface area contributed by atoms with Crippen molar-refractivity contribution in [2.75, 3.05) is 31.1 Å². The van der Waals surface area contributed by atoms with E-state index in [0.717, 1.165) is 6.20 Å². The molecule has 2 heterocycles. The second-order valence-electron chi connectivity index (χ2n) is 5.28. The zero-order valence-electron chi connectivity index (χ0n) is 12.7. The predicted octanol–water partition coefficient (Wildman–Crippen LogP) is 3.25. The van der Waals surface area contributed by atoms with Crippen LogP contribution >= 0.6 is 11.3 Å². The lowest BCUT2D eigenvalue weighted by molar-refractivity contribution is -0.136. The van der Waals surface area contributed by atoms with Crippen LogP contribution in [0.25, 0.3) is 0 Å². The molecule has 0 N–H and O–H groups in total. The van der Waals surface area contributed by atoms with E-state index >= 15 is 0 Å². The molecule has 0 saturated carbocycles. The summed E-state index contributed by atoms with van der Waals surface area (Å²) < 4.78 is 37.8. The molecule has 22 heavy (non-hydrogen) atoms. The maximum Gasteiger partial charge on any atom is 0.427 e. The van der Waals surface area contributed by atoms with Gasteiger partial charge in [0.1, 0.15) is 4.88 Å². The Balaban J connectivity index is 1.95. The average molecular weight is 335 g/mol. The van der Waals surface area contributed by atoms with Crippen molar-refractivity contribution in [2.45, 2.75) is 32.9 Å². The van der Waals surface area contributed by atoms with Crippen LogP contribution in [-0.4, -0.2) is 42.0 Å². The van der Waals surface area contributed by atoms with Gasteiger partial charge in [0, 0.05) is 32.1 Å². The van der Waals surface area contributed by atoms with Gasteiger partial charge in [0.15, 0.2) is 5.13 Å². The first-order chi connectivity index (χ1) is 10.4. The number of carbonyl (C=O) groups is 1. The molecule has 4 nitrogen and oxygen atoms in total. The van der Waals surface area contributed by atoms with Crippen LogP contribution in [0.15, 0.2) is 6.20 Å². The largest absolute Gasteiger partial charge is 0.427 e. The molecule has 0 radical (unpaired) electrons. The summed E-state index contributed by atoms with van der Waals surface area (Å²) in [6.07, 6.45) is -2.13. The Hall–Kier alpha value is -1.31. The molecule has 1 fully saturated rings. The van der Waals surface area contributed by atoms with Gasteiger partial charge in [-0.25, -0.2) is 4.98 Å². The fourth-order valence-corrected chi connectivity index (χ4v) is 3.49. The van der Waals surface area contributed by atoms with Crippen LogP contribution < -0.4 is 4.90 Å². The maximum atomic E-state index is 12.6. The number of anilines is 1. The molecule has 124 valence electrons. The summed E-state index contributed by atoms with van der Waals surface area (Å²) >= 11 is 0.666. The van der Waals surface area contributed by atoms with E-state index in [1.807, 2.05) is 23.6 Å². The van der Waals surface area contributed by atoms with Gasteiger partial charge in [-0.05, 0) is 26.7 Å². The number of amides is 1. The first kappa shape index (κ1) is 17.1. The highest BCUT2D eigenvalue weighted by Gasteiger charge is 2.35. The first-order valence-corrected chi connectivity index (χ1v) is 8.25. The molecule has 0 spiro atoms. The third-order valence-electron chi connectivity index (χ3n) is 3.96. The number of alkyl halides is 3. The van der Waals surface area contributed by atoms with Crippen LogP contribution in [0.2, 0.25) is 0 Å². The Kier molecular flexibility index (Phi) is 5.31. The van der Waals surface area contributed by atoms with E-state index in [0.29, 0.717) is 55.5 Å². The summed E-state index contributed by atoms with van der Waals surface area (Å²) in [5.41, 5.74) is 0. The summed E-state index contributed by atoms with van der Waals surface area (Å²) in [6.45, 7) is 6.43. The summed E-state index contributed by atoms with van der Waals surface area (Å²) in [4.78, 5) is 19.1. The minimum atomic E-state index is -4.34. The number of thiazole rings is 1. The minimum absolute atomic E-state index is 0.0294. The Morgan fingerprint density at radius 1 is 1.36 bits per heavy atom. The van der Waals surface area contributed by atoms with E-state index < -0.39 is 11.1 Å². The number of hydrogen-bond acceptors (Lipinski definition) is 4. The van der Waals surface area contributed by atoms with Gasteiger partial charge >= 0.3 is 6.18 Å². The van der Waals surface area contributed by atoms with Crippen molar-refractivity contribution in [3.63, 3.8) is 0 Å². The lowest BCUT2D eigenvalue weighted by Crippen LogP contribution is -2.42. The van der Waals surface area contributed by atoms with Crippen LogP contribution in [0.3, 0.4) is 0 Å². The molecule has 0 aliphatic carbocycles. The van der Waals surface area contributed by atoms with Crippen molar-refractivity contribution in [1.82, 2.24) is 9.88 Å². The molecule has 1 amide bonds. The third kappa shape index (κ3) is 3.71. The molecular formula is C14H20F3N3OS. The molecule has 1 aliphatic heterocycles. The molecule has 1 aromatic heterocycles. The molecule has 0 unspecified atom stereocenters. The first-order valence-electron chi connectivity index (χ1n) is 7.43. The Bertz CT molecular complexity index is 506. The van der Waals surface area contributed by atoms with Gasteiger partial charge in [-0.2, -0.15) is 13.2 Å². The molecule has 0 aromatic carbocycles.